The molecule has 3 rings (SSSR count). The van der Waals surface area contributed by atoms with Crippen molar-refractivity contribution in [3.05, 3.63) is 52.3 Å². The molecular weight excluding hydrogens is 478 g/mol. The summed E-state index contributed by atoms with van der Waals surface area (Å²) in [5, 5.41) is 1.89. The molecule has 1 radical (unpaired) electrons. The van der Waals surface area contributed by atoms with Gasteiger partial charge in [-0.15, -0.1) is 10.8 Å². The van der Waals surface area contributed by atoms with Gasteiger partial charge in [0.05, 0.1) is 0 Å². The van der Waals surface area contributed by atoms with Crippen molar-refractivity contribution in [1.29, 1.82) is 0 Å². The van der Waals surface area contributed by atoms with Gasteiger partial charge in [0.25, 0.3) is 5.56 Å². The van der Waals surface area contributed by atoms with Crippen LogP contribution in [0.3, 0.4) is 0 Å². The van der Waals surface area contributed by atoms with Crippen LogP contribution in [0.2, 0.25) is 0 Å². The molecule has 0 aliphatic rings. The molecule has 0 saturated carbocycles. The second-order valence-corrected chi connectivity index (χ2v) is 7.47. The minimum Gasteiger partial charge on any atom is -0.359 e. The smallest absolute Gasteiger partial charge is 0.261 e. The summed E-state index contributed by atoms with van der Waals surface area (Å²) in [5.74, 6) is 0.514. The molecule has 0 N–H and O–H groups in total. The second kappa shape index (κ2) is 6.73. The van der Waals surface area contributed by atoms with E-state index in [0.29, 0.717) is 11.6 Å². The number of hydrogen-bond donors (Lipinski definition) is 0. The van der Waals surface area contributed by atoms with Crippen molar-refractivity contribution in [3.63, 3.8) is 0 Å². The molecule has 0 bridgehead atoms. The fraction of sp³-hybridized carbons (Fsp3) is 0.421. The van der Waals surface area contributed by atoms with E-state index in [-0.39, 0.29) is 31.1 Å². The Morgan fingerprint density at radius 1 is 1.29 bits per heavy atom. The fourth-order valence-corrected chi connectivity index (χ4v) is 2.93. The molecule has 0 aromatic carbocycles. The van der Waals surface area contributed by atoms with Gasteiger partial charge >= 0.3 is 0 Å². The van der Waals surface area contributed by atoms with E-state index in [1.807, 2.05) is 10.6 Å². The van der Waals surface area contributed by atoms with Crippen molar-refractivity contribution in [2.24, 2.45) is 5.92 Å². The van der Waals surface area contributed by atoms with Gasteiger partial charge in [0.2, 0.25) is 0 Å². The maximum absolute atomic E-state index is 12.1. The van der Waals surface area contributed by atoms with Crippen LogP contribution in [0.15, 0.2) is 29.3 Å². The predicted octanol–water partition coefficient (Wildman–Crippen LogP) is 3.54. The first-order valence-corrected chi connectivity index (χ1v) is 7.99. The topological polar surface area (TPSA) is 47.3 Å². The normalized spacial score (nSPS) is 11.9. The van der Waals surface area contributed by atoms with E-state index in [4.69, 9.17) is 0 Å². The predicted molar refractivity (Wildman–Crippen MR) is 92.8 cm³/mol. The van der Waals surface area contributed by atoms with Gasteiger partial charge in [-0.05, 0) is 30.4 Å². The van der Waals surface area contributed by atoms with E-state index in [0.717, 1.165) is 28.6 Å². The van der Waals surface area contributed by atoms with Crippen LogP contribution in [0.5, 0.6) is 0 Å². The molecule has 3 heterocycles. The molecule has 5 heteroatoms. The molecular formula is C19H22IrN3O-. The number of fused-ring (bicyclic) bond motifs is 3. The minimum absolute atomic E-state index is 0. The van der Waals surface area contributed by atoms with Crippen LogP contribution in [-0.4, -0.2) is 14.4 Å². The molecule has 0 aliphatic heterocycles. The summed E-state index contributed by atoms with van der Waals surface area (Å²) < 4.78 is 2.00. The molecule has 129 valence electrons. The van der Waals surface area contributed by atoms with Crippen LogP contribution in [0, 0.1) is 12.0 Å². The Morgan fingerprint density at radius 2 is 2.00 bits per heavy atom. The number of nitrogens with zero attached hydrogens (tertiary/aromatic N) is 3. The molecule has 0 unspecified atom stereocenters. The van der Waals surface area contributed by atoms with Crippen LogP contribution < -0.4 is 5.56 Å². The third kappa shape index (κ3) is 3.42. The number of rotatable bonds is 2. The Hall–Kier alpha value is -1.58. The quantitative estimate of drug-likeness (QED) is 0.400. The van der Waals surface area contributed by atoms with Crippen molar-refractivity contribution >= 4 is 16.4 Å². The molecule has 0 spiro atoms. The van der Waals surface area contributed by atoms with Crippen LogP contribution in [-0.2, 0) is 31.9 Å². The van der Waals surface area contributed by atoms with Crippen molar-refractivity contribution in [3.8, 4) is 0 Å². The van der Waals surface area contributed by atoms with Crippen molar-refractivity contribution in [2.75, 3.05) is 0 Å². The van der Waals surface area contributed by atoms with Crippen LogP contribution >= 0.6 is 0 Å². The molecule has 0 aliphatic carbocycles. The van der Waals surface area contributed by atoms with Gasteiger partial charge < -0.3 is 4.40 Å². The van der Waals surface area contributed by atoms with E-state index in [9.17, 15) is 4.79 Å². The van der Waals surface area contributed by atoms with Gasteiger partial charge in [0.15, 0.2) is 0 Å². The molecule has 4 nitrogen and oxygen atoms in total. The Balaban J connectivity index is 0.00000208. The molecule has 0 saturated heterocycles. The zero-order valence-corrected chi connectivity index (χ0v) is 17.1. The molecule has 0 atom stereocenters. The van der Waals surface area contributed by atoms with Crippen LogP contribution in [0.25, 0.3) is 16.4 Å². The van der Waals surface area contributed by atoms with Gasteiger partial charge in [-0.25, -0.2) is 0 Å². The van der Waals surface area contributed by atoms with Crippen molar-refractivity contribution in [1.82, 2.24) is 14.4 Å². The average Bonchev–Trinajstić information content (AvgIpc) is 2.45. The summed E-state index contributed by atoms with van der Waals surface area (Å²) in [6.07, 6.45) is 4.57. The molecule has 0 amide bonds. The summed E-state index contributed by atoms with van der Waals surface area (Å²) >= 11 is 0. The Morgan fingerprint density at radius 3 is 2.62 bits per heavy atom. The van der Waals surface area contributed by atoms with E-state index in [2.05, 4.69) is 56.7 Å². The third-order valence-electron chi connectivity index (χ3n) is 3.96. The first-order chi connectivity index (χ1) is 10.8. The second-order valence-electron chi connectivity index (χ2n) is 7.47. The summed E-state index contributed by atoms with van der Waals surface area (Å²) in [4.78, 5) is 20.8. The Kier molecular flexibility index (Phi) is 5.26. The molecule has 3 aromatic heterocycles. The zero-order valence-electron chi connectivity index (χ0n) is 14.7. The van der Waals surface area contributed by atoms with Crippen LogP contribution in [0.4, 0.5) is 0 Å². The Bertz CT molecular complexity index is 939. The van der Waals surface area contributed by atoms with E-state index in [1.165, 1.54) is 0 Å². The zero-order chi connectivity index (χ0) is 16.8. The van der Waals surface area contributed by atoms with E-state index >= 15 is 0 Å². The average molecular weight is 501 g/mol. The largest absolute Gasteiger partial charge is 0.359 e. The first kappa shape index (κ1) is 18.8. The first-order valence-electron chi connectivity index (χ1n) is 7.99. The van der Waals surface area contributed by atoms with Crippen molar-refractivity contribution in [2.45, 2.75) is 46.5 Å². The van der Waals surface area contributed by atoms with Gasteiger partial charge in [0, 0.05) is 42.9 Å². The van der Waals surface area contributed by atoms with Gasteiger partial charge in [-0.1, -0.05) is 40.7 Å². The molecule has 24 heavy (non-hydrogen) atoms. The monoisotopic (exact) mass is 501 g/mol. The van der Waals surface area contributed by atoms with E-state index in [1.54, 1.807) is 12.3 Å². The number of hydrogen-bond acceptors (Lipinski definition) is 3. The van der Waals surface area contributed by atoms with Crippen molar-refractivity contribution < 1.29 is 20.1 Å². The SMILES string of the molecule is CC(C)Cc1nc[c-]c2c1ccn1c(C(C)(C)C)cc(=O)nc21.[Ir]. The standard InChI is InChI=1S/C19H22N3O.Ir/c1-12(2)10-15-13-7-9-22-16(19(3,4)5)11-17(23)21-18(22)14(13)6-8-20-15;/h7-9,11-12H,10H2,1-5H3;/q-1;. The minimum atomic E-state index is -0.210. The summed E-state index contributed by atoms with van der Waals surface area (Å²) in [6.45, 7) is 10.6. The third-order valence-corrected chi connectivity index (χ3v) is 3.96. The maximum atomic E-state index is 12.1. The number of pyridine rings is 2. The summed E-state index contributed by atoms with van der Waals surface area (Å²) in [5.41, 5.74) is 2.29. The number of aromatic nitrogens is 3. The van der Waals surface area contributed by atoms with Gasteiger partial charge in [0.1, 0.15) is 0 Å². The fourth-order valence-electron chi connectivity index (χ4n) is 2.93. The molecule has 0 fully saturated rings. The summed E-state index contributed by atoms with van der Waals surface area (Å²) in [7, 11) is 0. The summed E-state index contributed by atoms with van der Waals surface area (Å²) in [6, 6.07) is 6.86. The maximum Gasteiger partial charge on any atom is 0.261 e. The van der Waals surface area contributed by atoms with Crippen LogP contribution in [0.1, 0.15) is 46.0 Å². The van der Waals surface area contributed by atoms with E-state index < -0.39 is 0 Å². The van der Waals surface area contributed by atoms with Gasteiger partial charge in [-0.2, -0.15) is 6.07 Å². The Labute approximate surface area is 155 Å². The molecule has 3 aromatic rings. The van der Waals surface area contributed by atoms with Gasteiger partial charge in [-0.3, -0.25) is 14.8 Å².